The van der Waals surface area contributed by atoms with Crippen LogP contribution in [0, 0.1) is 0 Å². The molecule has 27 heavy (non-hydrogen) atoms. The van der Waals surface area contributed by atoms with Crippen molar-refractivity contribution in [1.82, 2.24) is 0 Å². The molecule has 4 nitrogen and oxygen atoms in total. The van der Waals surface area contributed by atoms with E-state index in [1.807, 2.05) is 0 Å². The van der Waals surface area contributed by atoms with Crippen molar-refractivity contribution < 1.29 is 32.2 Å². The normalized spacial score (nSPS) is 25.4. The maximum Gasteiger partial charge on any atom is 0.431 e. The van der Waals surface area contributed by atoms with Gasteiger partial charge in [-0.15, -0.1) is 0 Å². The number of carbonyl (C=O) groups excluding carboxylic acids is 1. The number of halogens is 5. The van der Waals surface area contributed by atoms with Gasteiger partial charge in [-0.3, -0.25) is 0 Å². The van der Waals surface area contributed by atoms with Crippen molar-refractivity contribution in [2.24, 2.45) is 0 Å². The maximum atomic E-state index is 14.1. The number of hydrogen-bond donors (Lipinski definition) is 0. The Hall–Kier alpha value is -1.80. The van der Waals surface area contributed by atoms with Gasteiger partial charge in [0.1, 0.15) is 6.10 Å². The summed E-state index contributed by atoms with van der Waals surface area (Å²) < 4.78 is 57.4. The van der Waals surface area contributed by atoms with Crippen LogP contribution in [-0.4, -0.2) is 24.9 Å². The fraction of sp³-hybridized carbons (Fsp3) is 0.278. The van der Waals surface area contributed by atoms with Crippen LogP contribution in [0.25, 0.3) is 0 Å². The van der Waals surface area contributed by atoms with Crippen LogP contribution in [0.1, 0.15) is 23.5 Å². The van der Waals surface area contributed by atoms with Gasteiger partial charge in [0.15, 0.2) is 6.29 Å². The molecule has 0 bridgehead atoms. The highest BCUT2D eigenvalue weighted by Crippen LogP contribution is 2.54. The van der Waals surface area contributed by atoms with Crippen LogP contribution in [0.5, 0.6) is 0 Å². The second-order valence-corrected chi connectivity index (χ2v) is 6.67. The third-order valence-corrected chi connectivity index (χ3v) is 4.65. The van der Waals surface area contributed by atoms with Crippen LogP contribution < -0.4 is 0 Å². The first-order valence-electron chi connectivity index (χ1n) is 7.68. The molecule has 0 saturated carbocycles. The number of carbonyl (C=O) groups is 1. The van der Waals surface area contributed by atoms with E-state index in [-0.39, 0.29) is 11.1 Å². The fourth-order valence-corrected chi connectivity index (χ4v) is 3.09. The minimum Gasteiger partial charge on any atom is -0.467 e. The quantitative estimate of drug-likeness (QED) is 0.635. The van der Waals surface area contributed by atoms with E-state index in [9.17, 15) is 18.0 Å². The van der Waals surface area contributed by atoms with Crippen molar-refractivity contribution in [2.75, 3.05) is 7.11 Å². The number of esters is 1. The van der Waals surface area contributed by atoms with Crippen LogP contribution in [0.15, 0.2) is 48.5 Å². The minimum atomic E-state index is -5.11. The van der Waals surface area contributed by atoms with Crippen LogP contribution in [0.3, 0.4) is 0 Å². The van der Waals surface area contributed by atoms with Crippen molar-refractivity contribution in [3.63, 3.8) is 0 Å². The van der Waals surface area contributed by atoms with Gasteiger partial charge in [-0.1, -0.05) is 47.5 Å². The molecule has 2 aromatic carbocycles. The second-order valence-electron chi connectivity index (χ2n) is 5.79. The molecule has 0 amide bonds. The van der Waals surface area contributed by atoms with Crippen molar-refractivity contribution in [3.05, 3.63) is 69.7 Å². The molecule has 144 valence electrons. The molecule has 1 saturated heterocycles. The summed E-state index contributed by atoms with van der Waals surface area (Å²) in [5, 5.41) is 0.712. The van der Waals surface area contributed by atoms with Gasteiger partial charge in [-0.2, -0.15) is 13.2 Å². The summed E-state index contributed by atoms with van der Waals surface area (Å²) in [5.74, 6) is -1.61. The van der Waals surface area contributed by atoms with Gasteiger partial charge in [0, 0.05) is 15.6 Å². The summed E-state index contributed by atoms with van der Waals surface area (Å²) in [6, 6.07) is 11.3. The van der Waals surface area contributed by atoms with Gasteiger partial charge in [0.2, 0.25) is 0 Å². The first kappa shape index (κ1) is 19.9. The van der Waals surface area contributed by atoms with Crippen LogP contribution in [0.2, 0.25) is 10.0 Å². The number of alkyl halides is 3. The topological polar surface area (TPSA) is 44.8 Å². The maximum absolute atomic E-state index is 14.1. The van der Waals surface area contributed by atoms with Crippen LogP contribution in [-0.2, 0) is 19.0 Å². The Balaban J connectivity index is 2.12. The van der Waals surface area contributed by atoms with E-state index in [4.69, 9.17) is 32.7 Å². The Morgan fingerprint density at radius 2 is 1.48 bits per heavy atom. The third kappa shape index (κ3) is 3.52. The smallest absolute Gasteiger partial charge is 0.431 e. The summed E-state index contributed by atoms with van der Waals surface area (Å²) in [7, 11) is 0.855. The lowest BCUT2D eigenvalue weighted by Gasteiger charge is -2.31. The molecular weight excluding hydrogens is 408 g/mol. The summed E-state index contributed by atoms with van der Waals surface area (Å²) in [4.78, 5) is 12.3. The number of methoxy groups -OCH3 is 1. The van der Waals surface area contributed by atoms with Crippen molar-refractivity contribution in [3.8, 4) is 0 Å². The molecule has 2 aromatic rings. The summed E-state index contributed by atoms with van der Waals surface area (Å²) >= 11 is 11.6. The summed E-state index contributed by atoms with van der Waals surface area (Å²) in [6.07, 6.45) is -8.35. The van der Waals surface area contributed by atoms with Crippen molar-refractivity contribution >= 4 is 29.2 Å². The van der Waals surface area contributed by atoms with Crippen molar-refractivity contribution in [2.45, 2.75) is 24.2 Å². The molecule has 0 aliphatic carbocycles. The van der Waals surface area contributed by atoms with Crippen LogP contribution in [0.4, 0.5) is 13.2 Å². The van der Waals surface area contributed by atoms with E-state index in [0.717, 1.165) is 7.11 Å². The predicted molar refractivity (Wildman–Crippen MR) is 91.4 cm³/mol. The van der Waals surface area contributed by atoms with Gasteiger partial charge in [-0.05, 0) is 29.8 Å². The molecule has 0 aromatic heterocycles. The van der Waals surface area contributed by atoms with E-state index in [1.54, 1.807) is 0 Å². The average Bonchev–Trinajstić information content (AvgIpc) is 3.04. The molecule has 0 spiro atoms. The lowest BCUT2D eigenvalue weighted by Crippen LogP contribution is -2.56. The molecule has 0 radical (unpaired) electrons. The van der Waals surface area contributed by atoms with E-state index < -0.39 is 30.1 Å². The predicted octanol–water partition coefficient (Wildman–Crippen LogP) is 5.25. The largest absolute Gasteiger partial charge is 0.467 e. The molecule has 3 atom stereocenters. The van der Waals surface area contributed by atoms with E-state index in [0.29, 0.717) is 10.0 Å². The van der Waals surface area contributed by atoms with Gasteiger partial charge in [0.25, 0.3) is 5.60 Å². The van der Waals surface area contributed by atoms with Gasteiger partial charge >= 0.3 is 12.1 Å². The zero-order valence-corrected chi connectivity index (χ0v) is 15.3. The number of hydrogen-bond acceptors (Lipinski definition) is 4. The molecule has 1 aliphatic heterocycles. The molecule has 1 aliphatic rings. The zero-order chi connectivity index (χ0) is 19.8. The molecule has 9 heteroatoms. The molecule has 3 rings (SSSR count). The number of ether oxygens (including phenoxy) is 3. The first-order chi connectivity index (χ1) is 12.7. The SMILES string of the molecule is COC(=O)[C@@]1(C(F)(F)F)O[C@H](c2ccc(Cl)cc2)O[C@H]1c1ccc(Cl)cc1. The average molecular weight is 421 g/mol. The van der Waals surface area contributed by atoms with E-state index >= 15 is 0 Å². The fourth-order valence-electron chi connectivity index (χ4n) is 2.83. The van der Waals surface area contributed by atoms with Gasteiger partial charge in [-0.25, -0.2) is 4.79 Å². The Bertz CT molecular complexity index is 824. The van der Waals surface area contributed by atoms with Crippen LogP contribution >= 0.6 is 23.2 Å². The minimum absolute atomic E-state index is 0.0681. The molecule has 0 N–H and O–H groups in total. The molecular formula is C18H13Cl2F3O4. The lowest BCUT2D eigenvalue weighted by molar-refractivity contribution is -0.275. The lowest BCUT2D eigenvalue weighted by atomic mass is 9.90. The Morgan fingerprint density at radius 1 is 1.00 bits per heavy atom. The Kier molecular flexibility index (Phi) is 5.40. The number of benzene rings is 2. The van der Waals surface area contributed by atoms with Gasteiger partial charge in [0.05, 0.1) is 7.11 Å². The number of rotatable bonds is 3. The zero-order valence-electron chi connectivity index (χ0n) is 13.8. The highest BCUT2D eigenvalue weighted by Gasteiger charge is 2.73. The first-order valence-corrected chi connectivity index (χ1v) is 8.44. The van der Waals surface area contributed by atoms with Gasteiger partial charge < -0.3 is 14.2 Å². The highest BCUT2D eigenvalue weighted by molar-refractivity contribution is 6.30. The monoisotopic (exact) mass is 420 g/mol. The highest BCUT2D eigenvalue weighted by atomic mass is 35.5. The summed E-state index contributed by atoms with van der Waals surface area (Å²) in [6.45, 7) is 0. The standard InChI is InChI=1S/C18H13Cl2F3O4/c1-25-16(24)17(18(21,22)23)14(10-2-6-12(19)7-3-10)26-15(27-17)11-4-8-13(20)9-5-11/h2-9,14-15H,1H3/t14-,15+,17-/m0/s1. The molecule has 1 heterocycles. The van der Waals surface area contributed by atoms with E-state index in [1.165, 1.54) is 48.5 Å². The molecule has 0 unspecified atom stereocenters. The summed E-state index contributed by atoms with van der Waals surface area (Å²) in [5.41, 5.74) is -2.99. The Morgan fingerprint density at radius 3 is 1.93 bits per heavy atom. The van der Waals surface area contributed by atoms with E-state index in [2.05, 4.69) is 4.74 Å². The Labute approximate surface area is 162 Å². The van der Waals surface area contributed by atoms with Crippen molar-refractivity contribution in [1.29, 1.82) is 0 Å². The third-order valence-electron chi connectivity index (χ3n) is 4.15. The molecule has 1 fully saturated rings. The second kappa shape index (κ2) is 7.31.